The number of hydrogen-bond acceptors (Lipinski definition) is 4. The average molecular weight is 376 g/mol. The second kappa shape index (κ2) is 6.87. The predicted octanol–water partition coefficient (Wildman–Crippen LogP) is 1.82. The summed E-state index contributed by atoms with van der Waals surface area (Å²) in [4.78, 5) is 25.6. The van der Waals surface area contributed by atoms with E-state index in [2.05, 4.69) is 10.2 Å². The van der Waals surface area contributed by atoms with Crippen LogP contribution in [0.1, 0.15) is 35.2 Å². The summed E-state index contributed by atoms with van der Waals surface area (Å²) in [6.45, 7) is 4.39. The first-order valence-corrected chi connectivity index (χ1v) is 9.54. The lowest BCUT2D eigenvalue weighted by atomic mass is 9.73. The zero-order valence-corrected chi connectivity index (χ0v) is 15.4. The average Bonchev–Trinajstić information content (AvgIpc) is 3.25. The third-order valence-electron chi connectivity index (χ3n) is 6.43. The summed E-state index contributed by atoms with van der Waals surface area (Å²) < 4.78 is 19.6. The van der Waals surface area contributed by atoms with Crippen LogP contribution in [0.3, 0.4) is 0 Å². The summed E-state index contributed by atoms with van der Waals surface area (Å²) in [5, 5.41) is 11.9. The second-order valence-corrected chi connectivity index (χ2v) is 8.08. The Balaban J connectivity index is 1.39. The van der Waals surface area contributed by atoms with Gasteiger partial charge in [0.05, 0.1) is 18.1 Å². The van der Waals surface area contributed by atoms with Gasteiger partial charge in [0.1, 0.15) is 5.82 Å². The Morgan fingerprint density at radius 3 is 3.00 bits per heavy atom. The minimum atomic E-state index is -0.784. The molecule has 4 rings (SSSR count). The van der Waals surface area contributed by atoms with Crippen LogP contribution >= 0.6 is 0 Å². The number of halogens is 1. The number of nitrogens with zero attached hydrogens (tertiary/aromatic N) is 1. The molecule has 3 aliphatic heterocycles. The molecular formula is C20H25FN2O4. The molecule has 1 aromatic carbocycles. The van der Waals surface area contributed by atoms with Gasteiger partial charge in [0.2, 0.25) is 0 Å². The van der Waals surface area contributed by atoms with Gasteiger partial charge in [0.15, 0.2) is 0 Å². The first-order chi connectivity index (χ1) is 12.9. The molecule has 2 bridgehead atoms. The zero-order valence-electron chi connectivity index (χ0n) is 15.4. The normalized spacial score (nSPS) is 31.9. The fourth-order valence-electron chi connectivity index (χ4n) is 5.17. The number of carbonyl (C=O) groups excluding carboxylic acids is 1. The van der Waals surface area contributed by atoms with E-state index in [-0.39, 0.29) is 35.8 Å². The molecule has 0 unspecified atom stereocenters. The number of benzene rings is 1. The number of aliphatic carboxylic acids is 1. The van der Waals surface area contributed by atoms with E-state index < -0.39 is 5.97 Å². The highest BCUT2D eigenvalue weighted by atomic mass is 19.1. The van der Waals surface area contributed by atoms with Crippen LogP contribution < -0.4 is 5.32 Å². The Morgan fingerprint density at radius 2 is 2.26 bits per heavy atom. The van der Waals surface area contributed by atoms with E-state index in [4.69, 9.17) is 9.84 Å². The highest BCUT2D eigenvalue weighted by Crippen LogP contribution is 2.54. The number of carboxylic acid groups (broad SMARTS) is 1. The zero-order chi connectivity index (χ0) is 19.2. The van der Waals surface area contributed by atoms with Crippen LogP contribution in [0.25, 0.3) is 0 Å². The highest BCUT2D eigenvalue weighted by molar-refractivity contribution is 5.95. The first-order valence-electron chi connectivity index (χ1n) is 9.54. The van der Waals surface area contributed by atoms with Gasteiger partial charge in [0, 0.05) is 43.6 Å². The Labute approximate surface area is 157 Å². The van der Waals surface area contributed by atoms with Crippen molar-refractivity contribution >= 4 is 11.9 Å². The number of likely N-dealkylation sites (tertiary alicyclic amines) is 1. The minimum absolute atomic E-state index is 0.136. The van der Waals surface area contributed by atoms with Gasteiger partial charge in [-0.3, -0.25) is 14.5 Å². The molecule has 0 radical (unpaired) electrons. The third kappa shape index (κ3) is 3.34. The summed E-state index contributed by atoms with van der Waals surface area (Å²) >= 11 is 0. The standard InChI is InChI=1S/C20H25FN2O4/c1-12-8-13(21)2-3-14(12)19(26)22-9-15-16-10-23(7-5-18(24)25)11-20(16)6-4-17(15)27-20/h2-3,8,15-17H,4-7,9-11H2,1H3,(H,22,26)(H,24,25)/t15-,16+,17+,20+/m0/s1. The molecule has 6 nitrogen and oxygen atoms in total. The van der Waals surface area contributed by atoms with E-state index in [0.29, 0.717) is 30.1 Å². The number of carboxylic acids is 1. The molecule has 7 heteroatoms. The molecule has 3 fully saturated rings. The van der Waals surface area contributed by atoms with Gasteiger partial charge in [-0.2, -0.15) is 0 Å². The van der Waals surface area contributed by atoms with Gasteiger partial charge in [-0.25, -0.2) is 4.39 Å². The monoisotopic (exact) mass is 376 g/mol. The van der Waals surface area contributed by atoms with E-state index in [0.717, 1.165) is 25.9 Å². The molecular weight excluding hydrogens is 351 g/mol. The number of ether oxygens (including phenoxy) is 1. The van der Waals surface area contributed by atoms with Crippen LogP contribution in [0.4, 0.5) is 4.39 Å². The Hall–Kier alpha value is -1.99. The summed E-state index contributed by atoms with van der Waals surface area (Å²) in [6.07, 6.45) is 2.29. The van der Waals surface area contributed by atoms with Crippen molar-refractivity contribution in [3.63, 3.8) is 0 Å². The third-order valence-corrected chi connectivity index (χ3v) is 6.43. The summed E-state index contributed by atoms with van der Waals surface area (Å²) in [7, 11) is 0. The number of amides is 1. The van der Waals surface area contributed by atoms with Gasteiger partial charge in [-0.05, 0) is 43.5 Å². The van der Waals surface area contributed by atoms with Crippen LogP contribution in [0, 0.1) is 24.6 Å². The van der Waals surface area contributed by atoms with Crippen molar-refractivity contribution in [3.8, 4) is 0 Å². The molecule has 2 N–H and O–H groups in total. The second-order valence-electron chi connectivity index (χ2n) is 8.08. The summed E-state index contributed by atoms with van der Waals surface area (Å²) in [6, 6.07) is 4.18. The Bertz CT molecular complexity index is 770. The largest absolute Gasteiger partial charge is 0.481 e. The summed E-state index contributed by atoms with van der Waals surface area (Å²) in [5.41, 5.74) is 0.934. The molecule has 0 saturated carbocycles. The van der Waals surface area contributed by atoms with Crippen LogP contribution in [0.5, 0.6) is 0 Å². The van der Waals surface area contributed by atoms with Gasteiger partial charge in [-0.15, -0.1) is 0 Å². The topological polar surface area (TPSA) is 78.9 Å². The Morgan fingerprint density at radius 1 is 1.44 bits per heavy atom. The number of fused-ring (bicyclic) bond motifs is 1. The van der Waals surface area contributed by atoms with Crippen molar-refractivity contribution in [1.82, 2.24) is 10.2 Å². The maximum Gasteiger partial charge on any atom is 0.304 e. The maximum absolute atomic E-state index is 13.3. The fraction of sp³-hybridized carbons (Fsp3) is 0.600. The van der Waals surface area contributed by atoms with E-state index in [1.807, 2.05) is 0 Å². The smallest absolute Gasteiger partial charge is 0.304 e. The predicted molar refractivity (Wildman–Crippen MR) is 96.0 cm³/mol. The van der Waals surface area contributed by atoms with E-state index in [1.165, 1.54) is 18.2 Å². The maximum atomic E-state index is 13.3. The van der Waals surface area contributed by atoms with Crippen molar-refractivity contribution in [2.75, 3.05) is 26.2 Å². The SMILES string of the molecule is Cc1cc(F)ccc1C(=O)NC[C@H]1[C@H]2CN(CCC(=O)O)C[C@]23CC[C@H]1O3. The van der Waals surface area contributed by atoms with Crippen molar-refractivity contribution in [1.29, 1.82) is 0 Å². The van der Waals surface area contributed by atoms with Gasteiger partial charge < -0.3 is 15.2 Å². The molecule has 27 heavy (non-hydrogen) atoms. The molecule has 4 atom stereocenters. The van der Waals surface area contributed by atoms with E-state index >= 15 is 0 Å². The number of rotatable bonds is 6. The molecule has 3 heterocycles. The quantitative estimate of drug-likeness (QED) is 0.792. The Kier molecular flexibility index (Phi) is 4.68. The van der Waals surface area contributed by atoms with Gasteiger partial charge in [0.25, 0.3) is 5.91 Å². The lowest BCUT2D eigenvalue weighted by Crippen LogP contribution is -2.42. The molecule has 0 aromatic heterocycles. The molecule has 146 valence electrons. The lowest BCUT2D eigenvalue weighted by Gasteiger charge is -2.29. The van der Waals surface area contributed by atoms with Crippen molar-refractivity contribution in [3.05, 3.63) is 35.1 Å². The van der Waals surface area contributed by atoms with Gasteiger partial charge in [-0.1, -0.05) is 0 Å². The van der Waals surface area contributed by atoms with E-state index in [9.17, 15) is 14.0 Å². The van der Waals surface area contributed by atoms with Crippen LogP contribution in [0.15, 0.2) is 18.2 Å². The van der Waals surface area contributed by atoms with Crippen LogP contribution in [0.2, 0.25) is 0 Å². The summed E-state index contributed by atoms with van der Waals surface area (Å²) in [5.74, 6) is -0.767. The molecule has 1 aromatic rings. The molecule has 3 aliphatic rings. The number of carbonyl (C=O) groups is 2. The molecule has 1 spiro atoms. The van der Waals surface area contributed by atoms with Crippen LogP contribution in [-0.4, -0.2) is 59.8 Å². The number of hydrogen-bond donors (Lipinski definition) is 2. The highest BCUT2D eigenvalue weighted by Gasteiger charge is 2.62. The number of nitrogens with one attached hydrogen (secondary N) is 1. The molecule has 1 amide bonds. The van der Waals surface area contributed by atoms with E-state index in [1.54, 1.807) is 6.92 Å². The van der Waals surface area contributed by atoms with Crippen LogP contribution in [-0.2, 0) is 9.53 Å². The number of aryl methyl sites for hydroxylation is 1. The van der Waals surface area contributed by atoms with Gasteiger partial charge >= 0.3 is 5.97 Å². The van der Waals surface area contributed by atoms with Crippen molar-refractivity contribution in [2.24, 2.45) is 11.8 Å². The molecule has 0 aliphatic carbocycles. The fourth-order valence-corrected chi connectivity index (χ4v) is 5.17. The minimum Gasteiger partial charge on any atom is -0.481 e. The molecule has 3 saturated heterocycles. The van der Waals surface area contributed by atoms with Crippen molar-refractivity contribution < 1.29 is 23.8 Å². The lowest BCUT2D eigenvalue weighted by molar-refractivity contribution is -0.137. The van der Waals surface area contributed by atoms with Crippen molar-refractivity contribution in [2.45, 2.75) is 37.9 Å². The first kappa shape index (κ1) is 18.4.